The molecule has 0 saturated heterocycles. The second-order valence-electron chi connectivity index (χ2n) is 21.0. The van der Waals surface area contributed by atoms with Gasteiger partial charge in [-0.1, -0.05) is 281 Å². The van der Waals surface area contributed by atoms with Gasteiger partial charge < -0.3 is 20.3 Å². The molecule has 0 saturated carbocycles. The summed E-state index contributed by atoms with van der Waals surface area (Å²) < 4.78 is 5.48. The van der Waals surface area contributed by atoms with Crippen LogP contribution in [-0.4, -0.2) is 47.4 Å². The monoisotopic (exact) mass is 970 g/mol. The fourth-order valence-electron chi connectivity index (χ4n) is 9.45. The quantitative estimate of drug-likeness (QED) is 0.0321. The van der Waals surface area contributed by atoms with Gasteiger partial charge in [0.05, 0.1) is 25.4 Å². The van der Waals surface area contributed by atoms with E-state index in [1.165, 1.54) is 238 Å². The number of esters is 1. The number of allylic oxidation sites excluding steroid dienone is 6. The van der Waals surface area contributed by atoms with E-state index >= 15 is 0 Å². The normalized spacial score (nSPS) is 12.8. The third-order valence-electron chi connectivity index (χ3n) is 14.2. The van der Waals surface area contributed by atoms with Crippen LogP contribution >= 0.6 is 0 Å². The highest BCUT2D eigenvalue weighted by Crippen LogP contribution is 2.17. The zero-order valence-corrected chi connectivity index (χ0v) is 46.3. The SMILES string of the molecule is CCCCCCCC/C=C\CCCCCCCCCCCC(=O)OCCCCCCCC/C=C\C/C=C\CCC(=O)NC(CO)C(O)CCCCCCCCCCCCCCCCCCCCCC. The first kappa shape index (κ1) is 67.1. The lowest BCUT2D eigenvalue weighted by molar-refractivity contribution is -0.143. The van der Waals surface area contributed by atoms with Crippen molar-refractivity contribution in [2.75, 3.05) is 13.2 Å². The van der Waals surface area contributed by atoms with Gasteiger partial charge in [-0.05, 0) is 70.6 Å². The Balaban J connectivity index is 3.51. The van der Waals surface area contributed by atoms with Gasteiger partial charge in [0.2, 0.25) is 5.91 Å². The van der Waals surface area contributed by atoms with Crippen LogP contribution < -0.4 is 5.32 Å². The zero-order valence-electron chi connectivity index (χ0n) is 46.3. The summed E-state index contributed by atoms with van der Waals surface area (Å²) in [4.78, 5) is 24.6. The minimum atomic E-state index is -0.700. The summed E-state index contributed by atoms with van der Waals surface area (Å²) in [6.07, 6.45) is 73.0. The summed E-state index contributed by atoms with van der Waals surface area (Å²) in [5.74, 6) is -0.130. The van der Waals surface area contributed by atoms with Gasteiger partial charge in [-0.25, -0.2) is 0 Å². The standard InChI is InChI=1S/C63H119NO5/c1-3-5-7-9-11-13-15-17-19-21-23-25-26-28-31-35-39-43-47-51-55-61(66)60(59-65)64-62(67)56-52-48-44-40-36-32-30-34-38-42-46-50-54-58-69-63(68)57-53-49-45-41-37-33-29-27-24-22-20-18-16-14-12-10-8-6-4-2/h18,20,32,36,44,48,60-61,65-66H,3-17,19,21-31,33-35,37-43,45-47,49-59H2,1-2H3,(H,64,67)/b20-18-,36-32-,48-44-. The number of rotatable bonds is 57. The molecule has 2 atom stereocenters. The van der Waals surface area contributed by atoms with Crippen LogP contribution in [0, 0.1) is 0 Å². The van der Waals surface area contributed by atoms with Gasteiger partial charge >= 0.3 is 5.97 Å². The van der Waals surface area contributed by atoms with E-state index in [0.717, 1.165) is 51.4 Å². The number of aliphatic hydroxyl groups is 2. The Labute approximate surface area is 430 Å². The molecule has 6 heteroatoms. The van der Waals surface area contributed by atoms with Crippen molar-refractivity contribution >= 4 is 11.9 Å². The highest BCUT2D eigenvalue weighted by atomic mass is 16.5. The smallest absolute Gasteiger partial charge is 0.305 e. The van der Waals surface area contributed by atoms with E-state index in [1.807, 2.05) is 6.08 Å². The highest BCUT2D eigenvalue weighted by Gasteiger charge is 2.20. The largest absolute Gasteiger partial charge is 0.466 e. The molecule has 0 aromatic carbocycles. The molecule has 3 N–H and O–H groups in total. The zero-order chi connectivity index (χ0) is 50.0. The lowest BCUT2D eigenvalue weighted by Crippen LogP contribution is -2.45. The van der Waals surface area contributed by atoms with E-state index in [2.05, 4.69) is 49.5 Å². The second kappa shape index (κ2) is 58.6. The first-order valence-corrected chi connectivity index (χ1v) is 30.7. The van der Waals surface area contributed by atoms with Gasteiger partial charge in [0.1, 0.15) is 0 Å². The maximum atomic E-state index is 12.5. The first-order valence-electron chi connectivity index (χ1n) is 30.7. The van der Waals surface area contributed by atoms with Crippen LogP contribution in [0.2, 0.25) is 0 Å². The number of aliphatic hydroxyl groups excluding tert-OH is 2. The van der Waals surface area contributed by atoms with Gasteiger partial charge in [0.15, 0.2) is 0 Å². The molecule has 0 aliphatic rings. The molecule has 0 heterocycles. The fraction of sp³-hybridized carbons (Fsp3) is 0.873. The van der Waals surface area contributed by atoms with Crippen molar-refractivity contribution in [2.45, 2.75) is 341 Å². The molecule has 0 aliphatic carbocycles. The Bertz CT molecular complexity index is 1120. The number of carbonyl (C=O) groups is 2. The van der Waals surface area contributed by atoms with E-state index in [0.29, 0.717) is 32.3 Å². The summed E-state index contributed by atoms with van der Waals surface area (Å²) in [5, 5.41) is 23.3. The van der Waals surface area contributed by atoms with E-state index in [9.17, 15) is 19.8 Å². The van der Waals surface area contributed by atoms with Crippen molar-refractivity contribution in [3.63, 3.8) is 0 Å². The Morgan fingerprint density at radius 3 is 1.14 bits per heavy atom. The maximum Gasteiger partial charge on any atom is 0.305 e. The molecule has 0 rings (SSSR count). The van der Waals surface area contributed by atoms with Gasteiger partial charge in [0, 0.05) is 12.8 Å². The van der Waals surface area contributed by atoms with Gasteiger partial charge in [-0.15, -0.1) is 0 Å². The van der Waals surface area contributed by atoms with Crippen molar-refractivity contribution in [1.29, 1.82) is 0 Å². The highest BCUT2D eigenvalue weighted by molar-refractivity contribution is 5.76. The lowest BCUT2D eigenvalue weighted by atomic mass is 10.0. The summed E-state index contributed by atoms with van der Waals surface area (Å²) in [5.41, 5.74) is 0. The molecule has 1 amide bonds. The first-order chi connectivity index (χ1) is 34.0. The van der Waals surface area contributed by atoms with E-state index in [4.69, 9.17) is 4.74 Å². The molecular formula is C63H119NO5. The average molecular weight is 971 g/mol. The molecule has 406 valence electrons. The third-order valence-corrected chi connectivity index (χ3v) is 14.2. The molecule has 0 fully saturated rings. The van der Waals surface area contributed by atoms with Crippen LogP contribution in [0.1, 0.15) is 328 Å². The van der Waals surface area contributed by atoms with Crippen molar-refractivity contribution in [3.8, 4) is 0 Å². The predicted molar refractivity (Wildman–Crippen MR) is 301 cm³/mol. The number of carbonyl (C=O) groups excluding carboxylic acids is 2. The van der Waals surface area contributed by atoms with Crippen LogP contribution in [-0.2, 0) is 14.3 Å². The number of unbranched alkanes of at least 4 members (excludes halogenated alkanes) is 40. The predicted octanol–water partition coefficient (Wildman–Crippen LogP) is 19.2. The Morgan fingerprint density at radius 2 is 0.739 bits per heavy atom. The molecule has 69 heavy (non-hydrogen) atoms. The van der Waals surface area contributed by atoms with Crippen molar-refractivity contribution in [3.05, 3.63) is 36.5 Å². The molecule has 0 spiro atoms. The summed E-state index contributed by atoms with van der Waals surface area (Å²) in [6.45, 7) is 4.91. The van der Waals surface area contributed by atoms with Crippen molar-refractivity contribution in [1.82, 2.24) is 5.32 Å². The van der Waals surface area contributed by atoms with Crippen LogP contribution in [0.3, 0.4) is 0 Å². The summed E-state index contributed by atoms with van der Waals surface area (Å²) >= 11 is 0. The topological polar surface area (TPSA) is 95.9 Å². The minimum absolute atomic E-state index is 0.0169. The maximum absolute atomic E-state index is 12.5. The van der Waals surface area contributed by atoms with E-state index in [-0.39, 0.29) is 18.5 Å². The second-order valence-corrected chi connectivity index (χ2v) is 21.0. The van der Waals surface area contributed by atoms with E-state index in [1.54, 1.807) is 0 Å². The van der Waals surface area contributed by atoms with Gasteiger partial charge in [-0.3, -0.25) is 9.59 Å². The molecular weight excluding hydrogens is 851 g/mol. The number of hydrogen-bond acceptors (Lipinski definition) is 5. The molecule has 0 aromatic heterocycles. The Hall–Kier alpha value is -1.92. The van der Waals surface area contributed by atoms with Crippen LogP contribution in [0.25, 0.3) is 0 Å². The van der Waals surface area contributed by atoms with Crippen LogP contribution in [0.15, 0.2) is 36.5 Å². The summed E-state index contributed by atoms with van der Waals surface area (Å²) in [6, 6.07) is -0.587. The molecule has 2 unspecified atom stereocenters. The minimum Gasteiger partial charge on any atom is -0.466 e. The Morgan fingerprint density at radius 1 is 0.406 bits per heavy atom. The van der Waals surface area contributed by atoms with Crippen molar-refractivity contribution in [2.24, 2.45) is 0 Å². The van der Waals surface area contributed by atoms with Crippen LogP contribution in [0.4, 0.5) is 0 Å². The van der Waals surface area contributed by atoms with Crippen LogP contribution in [0.5, 0.6) is 0 Å². The lowest BCUT2D eigenvalue weighted by Gasteiger charge is -2.22. The van der Waals surface area contributed by atoms with E-state index < -0.39 is 12.1 Å². The molecule has 0 aromatic rings. The van der Waals surface area contributed by atoms with Gasteiger partial charge in [0.25, 0.3) is 0 Å². The number of ether oxygens (including phenoxy) is 1. The molecule has 0 bridgehead atoms. The van der Waals surface area contributed by atoms with Crippen molar-refractivity contribution < 1.29 is 24.5 Å². The molecule has 0 aliphatic heterocycles. The Kier molecular flexibility index (Phi) is 57.0. The number of amides is 1. The number of nitrogens with one attached hydrogen (secondary N) is 1. The molecule has 6 nitrogen and oxygen atoms in total. The average Bonchev–Trinajstić information content (AvgIpc) is 3.35. The van der Waals surface area contributed by atoms with Gasteiger partial charge in [-0.2, -0.15) is 0 Å². The molecule has 0 radical (unpaired) electrons. The fourth-order valence-corrected chi connectivity index (χ4v) is 9.45. The third kappa shape index (κ3) is 55.2. The number of hydrogen-bond donors (Lipinski definition) is 3. The summed E-state index contributed by atoms with van der Waals surface area (Å²) in [7, 11) is 0.